The van der Waals surface area contributed by atoms with Gasteiger partial charge in [0.15, 0.2) is 0 Å². The van der Waals surface area contributed by atoms with Crippen molar-refractivity contribution in [2.24, 2.45) is 11.5 Å². The van der Waals surface area contributed by atoms with Gasteiger partial charge in [0.2, 0.25) is 5.91 Å². The highest BCUT2D eigenvalue weighted by molar-refractivity contribution is 5.84. The van der Waals surface area contributed by atoms with E-state index in [4.69, 9.17) is 11.5 Å². The number of carbonyl (C=O) groups excluding carboxylic acids is 1. The summed E-state index contributed by atoms with van der Waals surface area (Å²) >= 11 is 0. The SMILES string of the molecule is CCC(C(N)=O)N1CCCc2cc(CN)ccc21. The number of nitrogens with zero attached hydrogens (tertiary/aromatic N) is 1. The lowest BCUT2D eigenvalue weighted by atomic mass is 9.97. The molecule has 0 bridgehead atoms. The van der Waals surface area contributed by atoms with Crippen LogP contribution in [-0.4, -0.2) is 18.5 Å². The predicted octanol–water partition coefficient (Wildman–Crippen LogP) is 1.16. The maximum Gasteiger partial charge on any atom is 0.240 e. The Hall–Kier alpha value is -1.55. The highest BCUT2D eigenvalue weighted by atomic mass is 16.1. The first-order valence-corrected chi connectivity index (χ1v) is 6.55. The fraction of sp³-hybridized carbons (Fsp3) is 0.500. The second-order valence-electron chi connectivity index (χ2n) is 4.79. The summed E-state index contributed by atoms with van der Waals surface area (Å²) in [6, 6.07) is 6.05. The molecule has 0 fully saturated rings. The van der Waals surface area contributed by atoms with Gasteiger partial charge >= 0.3 is 0 Å². The van der Waals surface area contributed by atoms with Crippen LogP contribution in [0.5, 0.6) is 0 Å². The van der Waals surface area contributed by atoms with E-state index in [1.807, 2.05) is 13.0 Å². The molecule has 1 aliphatic heterocycles. The zero-order valence-corrected chi connectivity index (χ0v) is 10.9. The normalized spacial score (nSPS) is 16.2. The predicted molar refractivity (Wildman–Crippen MR) is 73.3 cm³/mol. The van der Waals surface area contributed by atoms with Gasteiger partial charge < -0.3 is 16.4 Å². The summed E-state index contributed by atoms with van der Waals surface area (Å²) in [6.45, 7) is 3.45. The van der Waals surface area contributed by atoms with Crippen LogP contribution in [0.3, 0.4) is 0 Å². The molecule has 1 aliphatic rings. The van der Waals surface area contributed by atoms with E-state index in [0.29, 0.717) is 6.54 Å². The number of hydrogen-bond acceptors (Lipinski definition) is 3. The number of anilines is 1. The summed E-state index contributed by atoms with van der Waals surface area (Å²) in [5.41, 5.74) is 14.7. The molecule has 1 heterocycles. The molecule has 2 rings (SSSR count). The van der Waals surface area contributed by atoms with Gasteiger partial charge in [-0.15, -0.1) is 0 Å². The number of fused-ring (bicyclic) bond motifs is 1. The Morgan fingerprint density at radius 3 is 2.89 bits per heavy atom. The van der Waals surface area contributed by atoms with Crippen LogP contribution >= 0.6 is 0 Å². The van der Waals surface area contributed by atoms with Crippen LogP contribution < -0.4 is 16.4 Å². The molecule has 1 unspecified atom stereocenters. The molecule has 98 valence electrons. The van der Waals surface area contributed by atoms with Crippen molar-refractivity contribution in [1.29, 1.82) is 0 Å². The Kier molecular flexibility index (Phi) is 3.87. The minimum Gasteiger partial charge on any atom is -0.368 e. The number of nitrogens with two attached hydrogens (primary N) is 2. The van der Waals surface area contributed by atoms with Crippen molar-refractivity contribution in [1.82, 2.24) is 0 Å². The van der Waals surface area contributed by atoms with Gasteiger partial charge in [0.05, 0.1) is 0 Å². The van der Waals surface area contributed by atoms with Crippen LogP contribution in [0.15, 0.2) is 18.2 Å². The molecular weight excluding hydrogens is 226 g/mol. The van der Waals surface area contributed by atoms with Crippen molar-refractivity contribution < 1.29 is 4.79 Å². The molecule has 4 heteroatoms. The van der Waals surface area contributed by atoms with Gasteiger partial charge in [-0.3, -0.25) is 4.79 Å². The summed E-state index contributed by atoms with van der Waals surface area (Å²) in [6.07, 6.45) is 2.85. The molecule has 0 saturated carbocycles. The summed E-state index contributed by atoms with van der Waals surface area (Å²) < 4.78 is 0. The lowest BCUT2D eigenvalue weighted by Crippen LogP contribution is -2.46. The molecule has 0 radical (unpaired) electrons. The van der Waals surface area contributed by atoms with E-state index in [1.54, 1.807) is 0 Å². The zero-order chi connectivity index (χ0) is 13.1. The van der Waals surface area contributed by atoms with Crippen LogP contribution in [0.1, 0.15) is 30.9 Å². The van der Waals surface area contributed by atoms with Crippen LogP contribution in [0.25, 0.3) is 0 Å². The highest BCUT2D eigenvalue weighted by Gasteiger charge is 2.26. The van der Waals surface area contributed by atoms with Gasteiger partial charge in [-0.25, -0.2) is 0 Å². The lowest BCUT2D eigenvalue weighted by Gasteiger charge is -2.36. The molecule has 1 aromatic rings. The fourth-order valence-electron chi connectivity index (χ4n) is 2.71. The number of hydrogen-bond donors (Lipinski definition) is 2. The number of aryl methyl sites for hydroxylation is 1. The van der Waals surface area contributed by atoms with Gasteiger partial charge in [0.25, 0.3) is 0 Å². The van der Waals surface area contributed by atoms with Crippen LogP contribution in [0.4, 0.5) is 5.69 Å². The first-order valence-electron chi connectivity index (χ1n) is 6.55. The summed E-state index contributed by atoms with van der Waals surface area (Å²) in [4.78, 5) is 13.7. The van der Waals surface area contributed by atoms with Crippen molar-refractivity contribution >= 4 is 11.6 Å². The third-order valence-electron chi connectivity index (χ3n) is 3.63. The highest BCUT2D eigenvalue weighted by Crippen LogP contribution is 2.30. The Balaban J connectivity index is 2.35. The lowest BCUT2D eigenvalue weighted by molar-refractivity contribution is -0.119. The van der Waals surface area contributed by atoms with E-state index < -0.39 is 0 Å². The first-order chi connectivity index (χ1) is 8.67. The van der Waals surface area contributed by atoms with Crippen molar-refractivity contribution in [3.8, 4) is 0 Å². The van der Waals surface area contributed by atoms with Crippen LogP contribution in [0, 0.1) is 0 Å². The average Bonchev–Trinajstić information content (AvgIpc) is 2.38. The second-order valence-corrected chi connectivity index (χ2v) is 4.79. The monoisotopic (exact) mass is 247 g/mol. The number of amides is 1. The third-order valence-corrected chi connectivity index (χ3v) is 3.63. The van der Waals surface area contributed by atoms with Crippen molar-refractivity contribution in [2.75, 3.05) is 11.4 Å². The number of primary amides is 1. The van der Waals surface area contributed by atoms with Gasteiger partial charge in [-0.1, -0.05) is 19.1 Å². The quantitative estimate of drug-likeness (QED) is 0.838. The minimum atomic E-state index is -0.242. The molecule has 1 aromatic carbocycles. The van der Waals surface area contributed by atoms with Crippen LogP contribution in [-0.2, 0) is 17.8 Å². The Morgan fingerprint density at radius 2 is 2.28 bits per heavy atom. The summed E-state index contributed by atoms with van der Waals surface area (Å²) in [5, 5.41) is 0. The van der Waals surface area contributed by atoms with Crippen LogP contribution in [0.2, 0.25) is 0 Å². The topological polar surface area (TPSA) is 72.4 Å². The number of benzene rings is 1. The zero-order valence-electron chi connectivity index (χ0n) is 10.9. The van der Waals surface area contributed by atoms with Gasteiger partial charge in [0, 0.05) is 18.8 Å². The molecule has 0 spiro atoms. The molecule has 0 aromatic heterocycles. The van der Waals surface area contributed by atoms with E-state index >= 15 is 0 Å². The minimum absolute atomic E-state index is 0.201. The molecule has 1 amide bonds. The van der Waals surface area contributed by atoms with Crippen molar-refractivity contribution in [2.45, 2.75) is 38.8 Å². The second kappa shape index (κ2) is 5.40. The number of rotatable bonds is 4. The molecule has 0 aliphatic carbocycles. The van der Waals surface area contributed by atoms with E-state index in [1.165, 1.54) is 5.56 Å². The van der Waals surface area contributed by atoms with Crippen molar-refractivity contribution in [3.63, 3.8) is 0 Å². The molecule has 4 nitrogen and oxygen atoms in total. The smallest absolute Gasteiger partial charge is 0.240 e. The Morgan fingerprint density at radius 1 is 1.50 bits per heavy atom. The molecule has 18 heavy (non-hydrogen) atoms. The van der Waals surface area contributed by atoms with E-state index in [2.05, 4.69) is 17.0 Å². The molecule has 0 saturated heterocycles. The van der Waals surface area contributed by atoms with E-state index in [-0.39, 0.29) is 11.9 Å². The van der Waals surface area contributed by atoms with Gasteiger partial charge in [0.1, 0.15) is 6.04 Å². The van der Waals surface area contributed by atoms with E-state index in [9.17, 15) is 4.79 Å². The van der Waals surface area contributed by atoms with E-state index in [0.717, 1.165) is 37.1 Å². The maximum absolute atomic E-state index is 11.5. The summed E-state index contributed by atoms with van der Waals surface area (Å²) in [7, 11) is 0. The molecule has 1 atom stereocenters. The fourth-order valence-corrected chi connectivity index (χ4v) is 2.71. The van der Waals surface area contributed by atoms with Gasteiger partial charge in [-0.2, -0.15) is 0 Å². The van der Waals surface area contributed by atoms with Crippen molar-refractivity contribution in [3.05, 3.63) is 29.3 Å². The molecular formula is C14H21N3O. The third kappa shape index (κ3) is 2.34. The summed E-state index contributed by atoms with van der Waals surface area (Å²) in [5.74, 6) is -0.242. The average molecular weight is 247 g/mol. The van der Waals surface area contributed by atoms with Gasteiger partial charge in [-0.05, 0) is 36.5 Å². The Bertz CT molecular complexity index is 445. The Labute approximate surface area is 108 Å². The number of carbonyl (C=O) groups is 1. The molecule has 4 N–H and O–H groups in total. The standard InChI is InChI=1S/C14H21N3O/c1-2-12(14(16)18)17-7-3-4-11-8-10(9-15)5-6-13(11)17/h5-6,8,12H,2-4,7,9,15H2,1H3,(H2,16,18). The maximum atomic E-state index is 11.5. The first kappa shape index (κ1) is 12.9. The largest absolute Gasteiger partial charge is 0.368 e.